The zero-order chi connectivity index (χ0) is 41.4. The Labute approximate surface area is 365 Å². The third-order valence-corrected chi connectivity index (χ3v) is 16.4. The van der Waals surface area contributed by atoms with Crippen LogP contribution in [0.5, 0.6) is 0 Å². The normalized spacial score (nSPS) is 18.6. The number of benzene rings is 9. The molecular weight excluding hydrogens is 777 g/mol. The van der Waals surface area contributed by atoms with Crippen molar-refractivity contribution >= 4 is 76.2 Å². The number of fused-ring (bicyclic) bond motifs is 12. The van der Waals surface area contributed by atoms with Gasteiger partial charge in [-0.15, -0.1) is 0 Å². The summed E-state index contributed by atoms with van der Waals surface area (Å²) >= 11 is 0. The molecular formula is C60H30N4. The minimum atomic E-state index is 0.0171. The second kappa shape index (κ2) is 10.6. The van der Waals surface area contributed by atoms with Gasteiger partial charge in [-0.25, -0.2) is 0 Å². The van der Waals surface area contributed by atoms with Crippen molar-refractivity contribution in [1.82, 2.24) is 8.80 Å². The number of nitrogens with zero attached hydrogens (tertiary/aromatic N) is 4. The van der Waals surface area contributed by atoms with Crippen LogP contribution in [-0.4, -0.2) is 8.80 Å². The van der Waals surface area contributed by atoms with E-state index in [9.17, 15) is 10.5 Å². The van der Waals surface area contributed by atoms with E-state index in [1.165, 1.54) is 121 Å². The first-order valence-electron chi connectivity index (χ1n) is 22.4. The summed E-state index contributed by atoms with van der Waals surface area (Å²) in [6, 6.07) is 63.9. The summed E-state index contributed by atoms with van der Waals surface area (Å²) in [5, 5.41) is 31.9. The summed E-state index contributed by atoms with van der Waals surface area (Å²) in [6.07, 6.45) is 0. The summed E-state index contributed by atoms with van der Waals surface area (Å²) in [4.78, 5) is 0. The molecule has 0 saturated carbocycles. The van der Waals surface area contributed by atoms with E-state index in [4.69, 9.17) is 0 Å². The van der Waals surface area contributed by atoms with Crippen molar-refractivity contribution < 1.29 is 0 Å². The van der Waals surface area contributed by atoms with E-state index >= 15 is 0 Å². The van der Waals surface area contributed by atoms with Crippen molar-refractivity contribution in [2.75, 3.05) is 0 Å². The molecule has 4 heterocycles. The SMILES string of the molecule is N#Cc1cc2c(c3c1C1c4ccccc4C3c3ccccc31)c1cccc3c4cc5c(cc4n2c31)c1cccc2c3c4c(c(C#N)cc3n5c12)C1c2ccccc2C4c2ccccc21. The van der Waals surface area contributed by atoms with Crippen LogP contribution in [0.15, 0.2) is 158 Å². The van der Waals surface area contributed by atoms with E-state index in [0.717, 1.165) is 33.2 Å². The van der Waals surface area contributed by atoms with Crippen molar-refractivity contribution in [2.24, 2.45) is 0 Å². The van der Waals surface area contributed by atoms with E-state index in [0.29, 0.717) is 0 Å². The van der Waals surface area contributed by atoms with Gasteiger partial charge in [-0.3, -0.25) is 0 Å². The van der Waals surface area contributed by atoms with Crippen LogP contribution in [0.2, 0.25) is 0 Å². The Hall–Kier alpha value is -8.44. The molecule has 19 rings (SSSR count). The van der Waals surface area contributed by atoms with Gasteiger partial charge in [-0.2, -0.15) is 10.5 Å². The molecule has 13 aromatic rings. The van der Waals surface area contributed by atoms with Crippen molar-refractivity contribution in [3.05, 3.63) is 236 Å². The molecule has 4 bridgehead atoms. The Bertz CT molecular complexity index is 4100. The smallest absolute Gasteiger partial charge is 0.0995 e. The fourth-order valence-electron chi connectivity index (χ4n) is 14.3. The highest BCUT2D eigenvalue weighted by atomic mass is 14.9. The first-order chi connectivity index (χ1) is 31.7. The van der Waals surface area contributed by atoms with Crippen LogP contribution in [0.3, 0.4) is 0 Å². The molecule has 0 aliphatic heterocycles. The summed E-state index contributed by atoms with van der Waals surface area (Å²) in [5.74, 6) is 0.123. The van der Waals surface area contributed by atoms with Crippen LogP contribution in [0.4, 0.5) is 0 Å². The third kappa shape index (κ3) is 3.31. The van der Waals surface area contributed by atoms with Crippen LogP contribution >= 0.6 is 0 Å². The Kier molecular flexibility index (Phi) is 5.35. The topological polar surface area (TPSA) is 56.4 Å². The number of aromatic nitrogens is 2. The van der Waals surface area contributed by atoms with Crippen molar-refractivity contribution in [3.8, 4) is 12.1 Å². The van der Waals surface area contributed by atoms with E-state index in [-0.39, 0.29) is 23.7 Å². The molecule has 9 aromatic carbocycles. The third-order valence-electron chi connectivity index (χ3n) is 16.4. The zero-order valence-corrected chi connectivity index (χ0v) is 34.1. The standard InChI is InChI=1S/C60H30N4/c61-27-29-23-47-55(57-49(29)51-31-11-1-5-15-35(31)53(57)36-16-6-2-12-32(36)51)41-21-9-19-39-43-26-46-44(25-45(43)63(47)59(39)41)40-20-10-22-42-56-48(64(46)60(40)42)24-30(28-62)50-52-33-13-3-7-17-37(33)54(58(50)56)38-18-8-4-14-34(38)52/h1-26,51-54H. The Balaban J connectivity index is 0.997. The second-order valence-corrected chi connectivity index (χ2v) is 18.7. The highest BCUT2D eigenvalue weighted by Gasteiger charge is 2.46. The number of para-hydroxylation sites is 2. The lowest BCUT2D eigenvalue weighted by molar-refractivity contribution is 0.759. The molecule has 64 heavy (non-hydrogen) atoms. The molecule has 0 N–H and O–H groups in total. The van der Waals surface area contributed by atoms with Gasteiger partial charge in [0.1, 0.15) is 0 Å². The van der Waals surface area contributed by atoms with Gasteiger partial charge in [0.05, 0.1) is 56.4 Å². The van der Waals surface area contributed by atoms with Crippen LogP contribution < -0.4 is 0 Å². The number of hydrogen-bond acceptors (Lipinski definition) is 2. The summed E-state index contributed by atoms with van der Waals surface area (Å²) < 4.78 is 4.94. The summed E-state index contributed by atoms with van der Waals surface area (Å²) in [6.45, 7) is 0. The number of hydrogen-bond donors (Lipinski definition) is 0. The minimum Gasteiger partial charge on any atom is -0.308 e. The fraction of sp³-hybridized carbons (Fsp3) is 0.0667. The summed E-state index contributed by atoms with van der Waals surface area (Å²) in [5.41, 5.74) is 24.1. The highest BCUT2D eigenvalue weighted by molar-refractivity contribution is 6.30. The molecule has 0 fully saturated rings. The van der Waals surface area contributed by atoms with E-state index in [1.807, 2.05) is 0 Å². The average molecular weight is 807 g/mol. The summed E-state index contributed by atoms with van der Waals surface area (Å²) in [7, 11) is 0. The van der Waals surface area contributed by atoms with Crippen LogP contribution in [0.1, 0.15) is 102 Å². The second-order valence-electron chi connectivity index (χ2n) is 18.7. The maximum atomic E-state index is 11.1. The van der Waals surface area contributed by atoms with Gasteiger partial charge in [0.15, 0.2) is 0 Å². The highest BCUT2D eigenvalue weighted by Crippen LogP contribution is 2.61. The molecule has 4 aromatic heterocycles. The molecule has 0 atom stereocenters. The molecule has 290 valence electrons. The Morgan fingerprint density at radius 1 is 0.312 bits per heavy atom. The number of rotatable bonds is 0. The largest absolute Gasteiger partial charge is 0.308 e. The molecule has 0 amide bonds. The monoisotopic (exact) mass is 806 g/mol. The fourth-order valence-corrected chi connectivity index (χ4v) is 14.3. The molecule has 0 spiro atoms. The molecule has 0 saturated heterocycles. The molecule has 4 nitrogen and oxygen atoms in total. The molecule has 0 radical (unpaired) electrons. The lowest BCUT2D eigenvalue weighted by Crippen LogP contribution is -2.28. The van der Waals surface area contributed by atoms with Gasteiger partial charge in [0.2, 0.25) is 0 Å². The first-order valence-corrected chi connectivity index (χ1v) is 22.4. The van der Waals surface area contributed by atoms with Gasteiger partial charge >= 0.3 is 0 Å². The maximum absolute atomic E-state index is 11.1. The van der Waals surface area contributed by atoms with Gasteiger partial charge in [-0.1, -0.05) is 133 Å². The maximum Gasteiger partial charge on any atom is 0.0995 e. The van der Waals surface area contributed by atoms with Crippen LogP contribution in [-0.2, 0) is 0 Å². The predicted molar refractivity (Wildman–Crippen MR) is 255 cm³/mol. The lowest BCUT2D eigenvalue weighted by atomic mass is 9.59. The van der Waals surface area contributed by atoms with Gasteiger partial charge in [-0.05, 0) is 91.0 Å². The molecule has 6 aliphatic carbocycles. The van der Waals surface area contributed by atoms with Crippen LogP contribution in [0.25, 0.3) is 76.2 Å². The molecule has 0 unspecified atom stereocenters. The molecule has 4 heteroatoms. The van der Waals surface area contributed by atoms with Crippen molar-refractivity contribution in [2.45, 2.75) is 23.7 Å². The average Bonchev–Trinajstić information content (AvgIpc) is 4.08. The van der Waals surface area contributed by atoms with Gasteiger partial charge < -0.3 is 8.80 Å². The number of nitriles is 2. The van der Waals surface area contributed by atoms with Crippen molar-refractivity contribution in [3.63, 3.8) is 0 Å². The minimum absolute atomic E-state index is 0.0171. The van der Waals surface area contributed by atoms with E-state index < -0.39 is 0 Å². The molecule has 6 aliphatic rings. The Morgan fingerprint density at radius 3 is 0.953 bits per heavy atom. The predicted octanol–water partition coefficient (Wildman–Crippen LogP) is 13.7. The zero-order valence-electron chi connectivity index (χ0n) is 34.1. The van der Waals surface area contributed by atoms with E-state index in [2.05, 4.69) is 179 Å². The Morgan fingerprint density at radius 2 is 0.625 bits per heavy atom. The quantitative estimate of drug-likeness (QED) is 0.153. The lowest BCUT2D eigenvalue weighted by Gasteiger charge is -2.43. The van der Waals surface area contributed by atoms with Gasteiger partial charge in [0, 0.05) is 66.8 Å². The van der Waals surface area contributed by atoms with Gasteiger partial charge in [0.25, 0.3) is 0 Å². The first kappa shape index (κ1) is 32.3. The van der Waals surface area contributed by atoms with E-state index in [1.54, 1.807) is 0 Å². The van der Waals surface area contributed by atoms with Crippen LogP contribution in [0, 0.1) is 22.7 Å². The van der Waals surface area contributed by atoms with Crippen molar-refractivity contribution in [1.29, 1.82) is 10.5 Å².